The van der Waals surface area contributed by atoms with Crippen molar-refractivity contribution in [1.29, 1.82) is 0 Å². The predicted molar refractivity (Wildman–Crippen MR) is 75.2 cm³/mol. The van der Waals surface area contributed by atoms with Crippen LogP contribution in [0.2, 0.25) is 0 Å². The zero-order valence-corrected chi connectivity index (χ0v) is 11.9. The highest BCUT2D eigenvalue weighted by molar-refractivity contribution is 9.10. The van der Waals surface area contributed by atoms with E-state index in [2.05, 4.69) is 21.2 Å². The molecule has 0 radical (unpaired) electrons. The normalized spacial score (nSPS) is 18.6. The van der Waals surface area contributed by atoms with Gasteiger partial charge in [0.25, 0.3) is 0 Å². The molecule has 0 saturated carbocycles. The summed E-state index contributed by atoms with van der Waals surface area (Å²) in [5, 5.41) is 11.7. The average molecular weight is 330 g/mol. The highest BCUT2D eigenvalue weighted by Gasteiger charge is 2.23. The molecule has 1 atom stereocenters. The number of halogens is 1. The second-order valence-electron chi connectivity index (χ2n) is 4.08. The van der Waals surface area contributed by atoms with Crippen LogP contribution in [0.15, 0.2) is 22.7 Å². The van der Waals surface area contributed by atoms with Gasteiger partial charge < -0.3 is 10.4 Å². The van der Waals surface area contributed by atoms with E-state index in [-0.39, 0.29) is 17.4 Å². The van der Waals surface area contributed by atoms with Gasteiger partial charge >= 0.3 is 5.97 Å². The van der Waals surface area contributed by atoms with E-state index in [4.69, 9.17) is 5.11 Å². The Morgan fingerprint density at radius 3 is 2.78 bits per heavy atom. The number of carbonyl (C=O) groups excluding carboxylic acids is 1. The van der Waals surface area contributed by atoms with Gasteiger partial charge in [-0.1, -0.05) is 15.9 Å². The molecule has 2 N–H and O–H groups in total. The number of rotatable bonds is 3. The van der Waals surface area contributed by atoms with Crippen LogP contribution in [-0.2, 0) is 4.79 Å². The molecule has 0 aliphatic carbocycles. The van der Waals surface area contributed by atoms with Crippen LogP contribution in [0.4, 0.5) is 5.69 Å². The Labute approximate surface area is 117 Å². The summed E-state index contributed by atoms with van der Waals surface area (Å²) in [6.45, 7) is 0. The van der Waals surface area contributed by atoms with Crippen molar-refractivity contribution in [3.05, 3.63) is 28.2 Å². The van der Waals surface area contributed by atoms with E-state index in [0.29, 0.717) is 10.2 Å². The molecule has 1 fully saturated rings. The molecule has 1 aliphatic rings. The summed E-state index contributed by atoms with van der Waals surface area (Å²) >= 11 is 5.00. The van der Waals surface area contributed by atoms with Crippen molar-refractivity contribution in [2.75, 3.05) is 16.8 Å². The number of carboxylic acids is 1. The van der Waals surface area contributed by atoms with Crippen molar-refractivity contribution >= 4 is 45.3 Å². The Balaban J connectivity index is 2.13. The molecule has 0 bridgehead atoms. The van der Waals surface area contributed by atoms with Crippen LogP contribution in [0.5, 0.6) is 0 Å². The van der Waals surface area contributed by atoms with Gasteiger partial charge in [0, 0.05) is 21.8 Å². The quantitative estimate of drug-likeness (QED) is 0.894. The molecule has 2 rings (SSSR count). The molecule has 1 aromatic rings. The lowest BCUT2D eigenvalue weighted by Crippen LogP contribution is -2.22. The lowest BCUT2D eigenvalue weighted by atomic mass is 10.1. The summed E-state index contributed by atoms with van der Waals surface area (Å²) in [6, 6.07) is 4.67. The van der Waals surface area contributed by atoms with Gasteiger partial charge in [-0.05, 0) is 30.4 Å². The largest absolute Gasteiger partial charge is 0.478 e. The number of nitrogens with one attached hydrogen (secondary N) is 1. The fraction of sp³-hybridized carbons (Fsp3) is 0.333. The first kappa shape index (κ1) is 13.4. The fourth-order valence-electron chi connectivity index (χ4n) is 1.77. The Morgan fingerprint density at radius 1 is 1.39 bits per heavy atom. The summed E-state index contributed by atoms with van der Waals surface area (Å²) in [4.78, 5) is 22.8. The van der Waals surface area contributed by atoms with Gasteiger partial charge in [0.1, 0.15) is 0 Å². The molecule has 96 valence electrons. The minimum Gasteiger partial charge on any atom is -0.478 e. The predicted octanol–water partition coefficient (Wildman–Crippen LogP) is 2.84. The SMILES string of the molecule is O=C(O)c1cc(Br)cc(NC(=O)C2CCSC2)c1. The smallest absolute Gasteiger partial charge is 0.335 e. The van der Waals surface area contributed by atoms with Gasteiger partial charge in [0.05, 0.1) is 5.56 Å². The number of thioether (sulfide) groups is 1. The molecular weight excluding hydrogens is 318 g/mol. The molecule has 1 saturated heterocycles. The summed E-state index contributed by atoms with van der Waals surface area (Å²) < 4.78 is 0.637. The molecule has 1 heterocycles. The van der Waals surface area contributed by atoms with Crippen LogP contribution >= 0.6 is 27.7 Å². The highest BCUT2D eigenvalue weighted by Crippen LogP contribution is 2.26. The Hall–Kier alpha value is -1.01. The first-order valence-corrected chi connectivity index (χ1v) is 7.43. The van der Waals surface area contributed by atoms with E-state index in [1.165, 1.54) is 12.1 Å². The molecule has 1 aromatic carbocycles. The number of carbonyl (C=O) groups is 2. The maximum Gasteiger partial charge on any atom is 0.335 e. The van der Waals surface area contributed by atoms with Crippen LogP contribution in [0.25, 0.3) is 0 Å². The number of benzene rings is 1. The van der Waals surface area contributed by atoms with E-state index in [1.54, 1.807) is 17.8 Å². The van der Waals surface area contributed by atoms with Gasteiger partial charge in [-0.3, -0.25) is 4.79 Å². The van der Waals surface area contributed by atoms with Gasteiger partial charge in [0.15, 0.2) is 0 Å². The monoisotopic (exact) mass is 329 g/mol. The van der Waals surface area contributed by atoms with E-state index < -0.39 is 5.97 Å². The van der Waals surface area contributed by atoms with Crippen molar-refractivity contribution < 1.29 is 14.7 Å². The second-order valence-corrected chi connectivity index (χ2v) is 6.15. The first-order valence-electron chi connectivity index (χ1n) is 5.49. The second kappa shape index (κ2) is 5.75. The number of carboxylic acid groups (broad SMARTS) is 1. The van der Waals surface area contributed by atoms with Gasteiger partial charge in [0.2, 0.25) is 5.91 Å². The summed E-state index contributed by atoms with van der Waals surface area (Å²) in [5.41, 5.74) is 0.671. The molecule has 0 spiro atoms. The van der Waals surface area contributed by atoms with Crippen LogP contribution in [-0.4, -0.2) is 28.5 Å². The van der Waals surface area contributed by atoms with Crippen molar-refractivity contribution in [2.24, 2.45) is 5.92 Å². The molecular formula is C12H12BrNO3S. The van der Waals surface area contributed by atoms with Crippen LogP contribution < -0.4 is 5.32 Å². The topological polar surface area (TPSA) is 66.4 Å². The third kappa shape index (κ3) is 3.26. The molecule has 1 unspecified atom stereocenters. The maximum absolute atomic E-state index is 11.9. The lowest BCUT2D eigenvalue weighted by molar-refractivity contribution is -0.119. The maximum atomic E-state index is 11.9. The van der Waals surface area contributed by atoms with Crippen molar-refractivity contribution in [3.8, 4) is 0 Å². The summed E-state index contributed by atoms with van der Waals surface area (Å²) in [5.74, 6) is 0.836. The lowest BCUT2D eigenvalue weighted by Gasteiger charge is -2.10. The minimum absolute atomic E-state index is 0.0299. The number of hydrogen-bond acceptors (Lipinski definition) is 3. The van der Waals surface area contributed by atoms with Crippen molar-refractivity contribution in [3.63, 3.8) is 0 Å². The molecule has 1 aliphatic heterocycles. The van der Waals surface area contributed by atoms with Gasteiger partial charge in [-0.25, -0.2) is 4.79 Å². The zero-order valence-electron chi connectivity index (χ0n) is 9.48. The van der Waals surface area contributed by atoms with E-state index in [1.807, 2.05) is 0 Å². The van der Waals surface area contributed by atoms with Crippen LogP contribution in [0, 0.1) is 5.92 Å². The zero-order chi connectivity index (χ0) is 13.1. The van der Waals surface area contributed by atoms with Crippen molar-refractivity contribution in [2.45, 2.75) is 6.42 Å². The minimum atomic E-state index is -1.01. The third-order valence-corrected chi connectivity index (χ3v) is 4.33. The highest BCUT2D eigenvalue weighted by atomic mass is 79.9. The van der Waals surface area contributed by atoms with Crippen LogP contribution in [0.1, 0.15) is 16.8 Å². The van der Waals surface area contributed by atoms with Gasteiger partial charge in [-0.15, -0.1) is 0 Å². The first-order chi connectivity index (χ1) is 8.56. The number of aromatic carboxylic acids is 1. The summed E-state index contributed by atoms with van der Waals surface area (Å²) in [7, 11) is 0. The fourth-order valence-corrected chi connectivity index (χ4v) is 3.48. The van der Waals surface area contributed by atoms with Crippen molar-refractivity contribution in [1.82, 2.24) is 0 Å². The molecule has 4 nitrogen and oxygen atoms in total. The third-order valence-electron chi connectivity index (χ3n) is 2.71. The number of hydrogen-bond donors (Lipinski definition) is 2. The Morgan fingerprint density at radius 2 is 2.17 bits per heavy atom. The number of anilines is 1. The molecule has 1 amide bonds. The van der Waals surface area contributed by atoms with E-state index >= 15 is 0 Å². The number of amides is 1. The molecule has 18 heavy (non-hydrogen) atoms. The van der Waals surface area contributed by atoms with E-state index in [9.17, 15) is 9.59 Å². The van der Waals surface area contributed by atoms with Gasteiger partial charge in [-0.2, -0.15) is 11.8 Å². The van der Waals surface area contributed by atoms with Crippen LogP contribution in [0.3, 0.4) is 0 Å². The molecule has 6 heteroatoms. The average Bonchev–Trinajstić information content (AvgIpc) is 2.81. The Kier molecular flexibility index (Phi) is 4.29. The standard InChI is InChI=1S/C12H12BrNO3S/c13-9-3-8(12(16)17)4-10(5-9)14-11(15)7-1-2-18-6-7/h3-5,7H,1-2,6H2,(H,14,15)(H,16,17). The molecule has 0 aromatic heterocycles. The van der Waals surface area contributed by atoms with E-state index in [0.717, 1.165) is 17.9 Å². The Bertz CT molecular complexity index is 486. The summed E-state index contributed by atoms with van der Waals surface area (Å²) in [6.07, 6.45) is 0.885.